The number of rotatable bonds is 1. The number of aliphatic imine (C=N–C) groups is 1. The maximum atomic E-state index is 13.1. The highest BCUT2D eigenvalue weighted by atomic mass is 16.5. The van der Waals surface area contributed by atoms with E-state index in [4.69, 9.17) is 9.73 Å². The maximum Gasteiger partial charge on any atom is 0.204 e. The van der Waals surface area contributed by atoms with Crippen LogP contribution in [-0.4, -0.2) is 42.0 Å². The van der Waals surface area contributed by atoms with Gasteiger partial charge in [-0.2, -0.15) is 0 Å². The smallest absolute Gasteiger partial charge is 0.204 e. The molecule has 2 N–H and O–H groups in total. The second-order valence-corrected chi connectivity index (χ2v) is 7.44. The quantitative estimate of drug-likeness (QED) is 0.815. The van der Waals surface area contributed by atoms with Gasteiger partial charge < -0.3 is 20.1 Å². The predicted molar refractivity (Wildman–Crippen MR) is 105 cm³/mol. The molecule has 138 valence electrons. The van der Waals surface area contributed by atoms with Crippen molar-refractivity contribution < 1.29 is 14.6 Å². The summed E-state index contributed by atoms with van der Waals surface area (Å²) in [6.07, 6.45) is 0.331. The van der Waals surface area contributed by atoms with Gasteiger partial charge >= 0.3 is 0 Å². The number of carbonyl (C=O) groups is 1. The van der Waals surface area contributed by atoms with Crippen molar-refractivity contribution in [2.45, 2.75) is 25.9 Å². The standard InChI is InChI=1S/C21H21N3O3/c1-12-9-15-16(10-13(12)2)23-20-21(26,19(15)25)5-7-24(20)14-3-4-18-17(11-14)22-6-8-27-18/h3-4,9-11,22,26H,5-8H2,1-2H3/t21-/m1/s1. The molecule has 1 atom stereocenters. The summed E-state index contributed by atoms with van der Waals surface area (Å²) in [4.78, 5) is 19.8. The molecular formula is C21H21N3O3. The first-order valence-electron chi connectivity index (χ1n) is 9.23. The summed E-state index contributed by atoms with van der Waals surface area (Å²) in [5.41, 5.74) is 3.50. The molecular weight excluding hydrogens is 342 g/mol. The Morgan fingerprint density at radius 2 is 2.04 bits per heavy atom. The van der Waals surface area contributed by atoms with Gasteiger partial charge in [0.1, 0.15) is 18.2 Å². The Balaban J connectivity index is 1.62. The highest BCUT2D eigenvalue weighted by Gasteiger charge is 2.52. The molecule has 27 heavy (non-hydrogen) atoms. The summed E-state index contributed by atoms with van der Waals surface area (Å²) in [6.45, 7) is 5.91. The number of aliphatic hydroxyl groups is 1. The number of aryl methyl sites for hydroxylation is 2. The lowest BCUT2D eigenvalue weighted by atomic mass is 9.86. The van der Waals surface area contributed by atoms with E-state index in [9.17, 15) is 9.90 Å². The van der Waals surface area contributed by atoms with Crippen LogP contribution in [-0.2, 0) is 0 Å². The summed E-state index contributed by atoms with van der Waals surface area (Å²) >= 11 is 0. The minimum absolute atomic E-state index is 0.257. The Morgan fingerprint density at radius 3 is 2.89 bits per heavy atom. The topological polar surface area (TPSA) is 74.2 Å². The molecule has 2 aromatic rings. The van der Waals surface area contributed by atoms with E-state index in [1.54, 1.807) is 0 Å². The van der Waals surface area contributed by atoms with Crippen LogP contribution in [0.2, 0.25) is 0 Å². The molecule has 3 aliphatic rings. The van der Waals surface area contributed by atoms with E-state index in [0.29, 0.717) is 36.7 Å². The van der Waals surface area contributed by atoms with Crippen LogP contribution in [0.25, 0.3) is 0 Å². The SMILES string of the molecule is Cc1cc2c(cc1C)C(=O)[C@]1(O)CCN(c3ccc4c(c3)NCCO4)C1=N2. The summed E-state index contributed by atoms with van der Waals surface area (Å²) < 4.78 is 5.64. The third-order valence-corrected chi connectivity index (χ3v) is 5.73. The Hall–Kier alpha value is -2.86. The molecule has 3 heterocycles. The number of carbonyl (C=O) groups excluding carboxylic acids is 1. The normalized spacial score (nSPS) is 23.0. The van der Waals surface area contributed by atoms with Crippen LogP contribution < -0.4 is 15.0 Å². The molecule has 0 amide bonds. The van der Waals surface area contributed by atoms with E-state index in [1.165, 1.54) is 0 Å². The van der Waals surface area contributed by atoms with Crippen molar-refractivity contribution in [3.05, 3.63) is 47.0 Å². The molecule has 6 heteroatoms. The molecule has 0 unspecified atom stereocenters. The van der Waals surface area contributed by atoms with Crippen molar-refractivity contribution in [1.82, 2.24) is 0 Å². The summed E-state index contributed by atoms with van der Waals surface area (Å²) in [6, 6.07) is 9.62. The van der Waals surface area contributed by atoms with Crippen molar-refractivity contribution in [2.75, 3.05) is 29.9 Å². The first kappa shape index (κ1) is 16.3. The number of amidine groups is 1. The van der Waals surface area contributed by atoms with E-state index < -0.39 is 5.60 Å². The molecule has 0 radical (unpaired) electrons. The minimum Gasteiger partial charge on any atom is -0.490 e. The zero-order chi connectivity index (χ0) is 18.8. The van der Waals surface area contributed by atoms with Crippen LogP contribution in [0, 0.1) is 13.8 Å². The van der Waals surface area contributed by atoms with Gasteiger partial charge in [-0.15, -0.1) is 0 Å². The number of ether oxygens (including phenoxy) is 1. The molecule has 0 aromatic heterocycles. The number of anilines is 2. The van der Waals surface area contributed by atoms with Gasteiger partial charge in [-0.1, -0.05) is 0 Å². The lowest BCUT2D eigenvalue weighted by molar-refractivity contribution is 0.0602. The summed E-state index contributed by atoms with van der Waals surface area (Å²) in [5, 5.41) is 14.5. The van der Waals surface area contributed by atoms with E-state index in [0.717, 1.165) is 34.8 Å². The lowest BCUT2D eigenvalue weighted by Gasteiger charge is -2.30. The van der Waals surface area contributed by atoms with Crippen LogP contribution in [0.15, 0.2) is 35.3 Å². The molecule has 0 aliphatic carbocycles. The van der Waals surface area contributed by atoms with Crippen molar-refractivity contribution in [3.63, 3.8) is 0 Å². The number of hydrogen-bond donors (Lipinski definition) is 2. The fourth-order valence-corrected chi connectivity index (χ4v) is 4.04. The Morgan fingerprint density at radius 1 is 1.22 bits per heavy atom. The summed E-state index contributed by atoms with van der Waals surface area (Å²) in [5.74, 6) is 0.977. The largest absolute Gasteiger partial charge is 0.490 e. The number of benzene rings is 2. The van der Waals surface area contributed by atoms with E-state index in [1.807, 2.05) is 49.1 Å². The highest BCUT2D eigenvalue weighted by Crippen LogP contribution is 2.41. The van der Waals surface area contributed by atoms with Gasteiger partial charge in [-0.3, -0.25) is 4.79 Å². The highest BCUT2D eigenvalue weighted by molar-refractivity contribution is 6.28. The van der Waals surface area contributed by atoms with Crippen LogP contribution >= 0.6 is 0 Å². The Kier molecular flexibility index (Phi) is 3.37. The van der Waals surface area contributed by atoms with Crippen LogP contribution in [0.4, 0.5) is 17.1 Å². The van der Waals surface area contributed by atoms with E-state index in [-0.39, 0.29) is 5.78 Å². The lowest BCUT2D eigenvalue weighted by Crippen LogP contribution is -2.48. The number of nitrogens with one attached hydrogen (secondary N) is 1. The van der Waals surface area contributed by atoms with Crippen molar-refractivity contribution in [3.8, 4) is 5.75 Å². The summed E-state index contributed by atoms with van der Waals surface area (Å²) in [7, 11) is 0. The predicted octanol–water partition coefficient (Wildman–Crippen LogP) is 2.98. The number of ketones is 1. The number of nitrogens with zero attached hydrogens (tertiary/aromatic N) is 2. The molecule has 3 aliphatic heterocycles. The average molecular weight is 363 g/mol. The number of hydrogen-bond acceptors (Lipinski definition) is 6. The molecule has 1 fully saturated rings. The monoisotopic (exact) mass is 363 g/mol. The molecule has 0 bridgehead atoms. The van der Waals surface area contributed by atoms with Gasteiger partial charge in [0.25, 0.3) is 0 Å². The van der Waals surface area contributed by atoms with Crippen LogP contribution in [0.5, 0.6) is 5.75 Å². The maximum absolute atomic E-state index is 13.1. The molecule has 1 saturated heterocycles. The van der Waals surface area contributed by atoms with Gasteiger partial charge in [-0.05, 0) is 55.3 Å². The molecule has 5 rings (SSSR count). The third-order valence-electron chi connectivity index (χ3n) is 5.73. The van der Waals surface area contributed by atoms with Crippen molar-refractivity contribution in [1.29, 1.82) is 0 Å². The van der Waals surface area contributed by atoms with Gasteiger partial charge in [0.15, 0.2) is 5.60 Å². The zero-order valence-electron chi connectivity index (χ0n) is 15.4. The van der Waals surface area contributed by atoms with Crippen molar-refractivity contribution in [2.24, 2.45) is 4.99 Å². The van der Waals surface area contributed by atoms with E-state index >= 15 is 0 Å². The zero-order valence-corrected chi connectivity index (χ0v) is 15.4. The van der Waals surface area contributed by atoms with Crippen molar-refractivity contribution >= 4 is 28.7 Å². The molecule has 6 nitrogen and oxygen atoms in total. The van der Waals surface area contributed by atoms with Crippen LogP contribution in [0.1, 0.15) is 27.9 Å². The number of Topliss-reactive ketones (excluding diaryl/α,β-unsaturated/α-hetero) is 1. The van der Waals surface area contributed by atoms with Crippen LogP contribution in [0.3, 0.4) is 0 Å². The van der Waals surface area contributed by atoms with Gasteiger partial charge in [0, 0.05) is 30.8 Å². The number of fused-ring (bicyclic) bond motifs is 3. The minimum atomic E-state index is -1.56. The Labute approximate surface area is 157 Å². The van der Waals surface area contributed by atoms with E-state index in [2.05, 4.69) is 5.32 Å². The van der Waals surface area contributed by atoms with Gasteiger partial charge in [-0.25, -0.2) is 4.99 Å². The first-order chi connectivity index (χ1) is 13.0. The molecule has 2 aromatic carbocycles. The second kappa shape index (κ2) is 5.57. The van der Waals surface area contributed by atoms with Gasteiger partial charge in [0.05, 0.1) is 11.4 Å². The molecule has 0 spiro atoms. The fourth-order valence-electron chi connectivity index (χ4n) is 4.04. The fraction of sp³-hybridized carbons (Fsp3) is 0.333. The van der Waals surface area contributed by atoms with Gasteiger partial charge in [0.2, 0.25) is 5.78 Å². The Bertz CT molecular complexity index is 1010. The first-order valence-corrected chi connectivity index (χ1v) is 9.23. The third kappa shape index (κ3) is 2.29. The molecule has 0 saturated carbocycles. The second-order valence-electron chi connectivity index (χ2n) is 7.44. The average Bonchev–Trinajstić information content (AvgIpc) is 3.01.